The lowest BCUT2D eigenvalue weighted by molar-refractivity contribution is -0.228. The maximum Gasteiger partial charge on any atom is 0.412 e. The minimum absolute atomic E-state index is 0.0697. The van der Waals surface area contributed by atoms with Crippen molar-refractivity contribution < 1.29 is 28.4 Å². The Kier molecular flexibility index (Phi) is 3.66. The van der Waals surface area contributed by atoms with Crippen LogP contribution in [0.4, 0.5) is 13.6 Å². The van der Waals surface area contributed by atoms with Gasteiger partial charge < -0.3 is 0 Å². The molecular formula is C8H5F3O3. The van der Waals surface area contributed by atoms with E-state index in [-0.39, 0.29) is 5.56 Å². The molecular weight excluding hydrogens is 201 g/mol. The average molecular weight is 206 g/mol. The molecule has 0 fully saturated rings. The quantitative estimate of drug-likeness (QED) is 0.708. The molecule has 0 saturated carbocycles. The molecule has 1 rings (SSSR count). The van der Waals surface area contributed by atoms with E-state index in [2.05, 4.69) is 14.8 Å². The summed E-state index contributed by atoms with van der Waals surface area (Å²) in [4.78, 5) is 9.08. The molecule has 0 spiro atoms. The van der Waals surface area contributed by atoms with Crippen LogP contribution in [0.2, 0.25) is 0 Å². The molecule has 0 aromatic heterocycles. The van der Waals surface area contributed by atoms with Gasteiger partial charge in [0.2, 0.25) is 0 Å². The van der Waals surface area contributed by atoms with Gasteiger partial charge in [-0.3, -0.25) is 4.94 Å². The first kappa shape index (κ1) is 10.2. The lowest BCUT2D eigenvalue weighted by atomic mass is 10.2. The third kappa shape index (κ3) is 2.09. The van der Waals surface area contributed by atoms with Crippen molar-refractivity contribution in [1.29, 1.82) is 0 Å². The second-order valence-corrected chi connectivity index (χ2v) is 2.21. The van der Waals surface area contributed by atoms with Gasteiger partial charge in [0.1, 0.15) is 0 Å². The lowest BCUT2D eigenvalue weighted by Gasteiger charge is -2.01. The largest absolute Gasteiger partial charge is 0.412 e. The fraction of sp³-hybridized carbons (Fsp3) is 0. The van der Waals surface area contributed by atoms with Gasteiger partial charge in [0, 0.05) is 19.1 Å². The third-order valence-corrected chi connectivity index (χ3v) is 1.44. The van der Waals surface area contributed by atoms with E-state index in [1.54, 1.807) is 6.07 Å². The molecule has 76 valence electrons. The van der Waals surface area contributed by atoms with Gasteiger partial charge in [0.05, 0.1) is 0 Å². The van der Waals surface area contributed by atoms with E-state index in [9.17, 15) is 13.6 Å². The highest BCUT2D eigenvalue weighted by molar-refractivity contribution is 5.59. The van der Waals surface area contributed by atoms with Crippen LogP contribution in [-0.4, -0.2) is 0 Å². The van der Waals surface area contributed by atoms with Crippen LogP contribution in [0.1, 0.15) is 5.56 Å². The van der Waals surface area contributed by atoms with Crippen LogP contribution in [0.5, 0.6) is 0 Å². The van der Waals surface area contributed by atoms with E-state index in [0.29, 0.717) is 0 Å². The number of rotatable bonds is 4. The van der Waals surface area contributed by atoms with E-state index in [1.165, 1.54) is 24.3 Å². The zero-order valence-corrected chi connectivity index (χ0v) is 6.75. The number of hydrogen-bond acceptors (Lipinski definition) is 3. The highest BCUT2D eigenvalue weighted by Crippen LogP contribution is 2.22. The van der Waals surface area contributed by atoms with Crippen molar-refractivity contribution in [3.8, 4) is 0 Å². The summed E-state index contributed by atoms with van der Waals surface area (Å²) in [7, 11) is 0. The van der Waals surface area contributed by atoms with Gasteiger partial charge >= 0.3 is 5.95 Å². The molecule has 14 heavy (non-hydrogen) atoms. The van der Waals surface area contributed by atoms with E-state index < -0.39 is 11.7 Å². The van der Waals surface area contributed by atoms with Crippen molar-refractivity contribution in [2.75, 3.05) is 0 Å². The second kappa shape index (κ2) is 5.00. The van der Waals surface area contributed by atoms with E-state index in [1.807, 2.05) is 0 Å². The highest BCUT2D eigenvalue weighted by atomic mass is 19.3. The van der Waals surface area contributed by atoms with Crippen molar-refractivity contribution in [1.82, 2.24) is 0 Å². The molecule has 0 aliphatic heterocycles. The summed E-state index contributed by atoms with van der Waals surface area (Å²) in [5, 5.41) is 0. The average Bonchev–Trinajstić information content (AvgIpc) is 2.27. The van der Waals surface area contributed by atoms with Crippen molar-refractivity contribution in [2.45, 2.75) is 0 Å². The maximum atomic E-state index is 11.9. The highest BCUT2D eigenvalue weighted by Gasteiger charge is 2.17. The Balaban J connectivity index is 3.09. The van der Waals surface area contributed by atoms with Gasteiger partial charge in [-0.2, -0.15) is 0 Å². The number of benzene rings is 1. The minimum atomic E-state index is -1.33. The van der Waals surface area contributed by atoms with Gasteiger partial charge in [0.25, 0.3) is 5.76 Å². The van der Waals surface area contributed by atoms with Gasteiger partial charge in [-0.1, -0.05) is 30.3 Å². The first-order valence-corrected chi connectivity index (χ1v) is 3.49. The minimum Gasteiger partial charge on any atom is -0.286 e. The standard InChI is InChI=1S/C8H5F3O3/c9-12-7(8(13-10)14-11)6-4-2-1-3-5-6/h1-5H. The lowest BCUT2D eigenvalue weighted by Crippen LogP contribution is -1.93. The molecule has 1 aromatic rings. The fourth-order valence-corrected chi connectivity index (χ4v) is 0.865. The van der Waals surface area contributed by atoms with Crippen LogP contribution in [0.3, 0.4) is 0 Å². The van der Waals surface area contributed by atoms with Crippen LogP contribution in [0.25, 0.3) is 5.76 Å². The first-order valence-electron chi connectivity index (χ1n) is 3.49. The zero-order chi connectivity index (χ0) is 10.4. The van der Waals surface area contributed by atoms with Gasteiger partial charge in [-0.15, -0.1) is 0 Å². The molecule has 0 bridgehead atoms. The molecule has 0 N–H and O–H groups in total. The molecule has 0 radical (unpaired) electrons. The fourth-order valence-electron chi connectivity index (χ4n) is 0.865. The number of halogens is 3. The summed E-state index contributed by atoms with van der Waals surface area (Å²) in [5.41, 5.74) is 0.0697. The Morgan fingerprint density at radius 3 is 1.86 bits per heavy atom. The molecule has 0 saturated heterocycles. The Bertz CT molecular complexity index is 307. The van der Waals surface area contributed by atoms with Gasteiger partial charge in [-0.05, 0) is 0 Å². The molecule has 0 heterocycles. The molecule has 0 aliphatic carbocycles. The molecule has 6 heteroatoms. The van der Waals surface area contributed by atoms with E-state index in [0.717, 1.165) is 0 Å². The molecule has 3 nitrogen and oxygen atoms in total. The van der Waals surface area contributed by atoms with Crippen molar-refractivity contribution in [3.63, 3.8) is 0 Å². The number of hydrogen-bond donors (Lipinski definition) is 0. The van der Waals surface area contributed by atoms with Crippen LogP contribution in [-0.2, 0) is 14.8 Å². The smallest absolute Gasteiger partial charge is 0.286 e. The van der Waals surface area contributed by atoms with Crippen LogP contribution in [0.15, 0.2) is 36.3 Å². The van der Waals surface area contributed by atoms with Crippen molar-refractivity contribution in [3.05, 3.63) is 41.8 Å². The Morgan fingerprint density at radius 1 is 0.857 bits per heavy atom. The van der Waals surface area contributed by atoms with Crippen LogP contribution < -0.4 is 0 Å². The summed E-state index contributed by atoms with van der Waals surface area (Å²) < 4.78 is 35.1. The maximum absolute atomic E-state index is 11.9. The Morgan fingerprint density at radius 2 is 1.43 bits per heavy atom. The molecule has 0 unspecified atom stereocenters. The first-order chi connectivity index (χ1) is 6.83. The summed E-state index contributed by atoms with van der Waals surface area (Å²) >= 11 is 0. The van der Waals surface area contributed by atoms with E-state index in [4.69, 9.17) is 0 Å². The van der Waals surface area contributed by atoms with Crippen molar-refractivity contribution >= 4 is 5.76 Å². The predicted molar refractivity (Wildman–Crippen MR) is 39.9 cm³/mol. The molecule has 1 aromatic carbocycles. The van der Waals surface area contributed by atoms with Crippen LogP contribution >= 0.6 is 0 Å². The third-order valence-electron chi connectivity index (χ3n) is 1.44. The molecule has 0 amide bonds. The van der Waals surface area contributed by atoms with Gasteiger partial charge in [0.15, 0.2) is 0 Å². The van der Waals surface area contributed by atoms with Crippen LogP contribution in [0, 0.1) is 0 Å². The van der Waals surface area contributed by atoms with Crippen molar-refractivity contribution in [2.24, 2.45) is 0 Å². The van der Waals surface area contributed by atoms with E-state index >= 15 is 0 Å². The summed E-state index contributed by atoms with van der Waals surface area (Å²) in [6, 6.07) is 7.37. The zero-order valence-electron chi connectivity index (χ0n) is 6.75. The summed E-state index contributed by atoms with van der Waals surface area (Å²) in [6.45, 7) is 0. The normalized spacial score (nSPS) is 9.07. The Labute approximate surface area is 77.0 Å². The van der Waals surface area contributed by atoms with Gasteiger partial charge in [-0.25, -0.2) is 9.88 Å². The molecule has 0 atom stereocenters. The molecule has 0 aliphatic rings. The second-order valence-electron chi connectivity index (χ2n) is 2.21. The summed E-state index contributed by atoms with van der Waals surface area (Å²) in [5.74, 6) is -2.16. The Hall–Kier alpha value is -1.85. The summed E-state index contributed by atoms with van der Waals surface area (Å²) in [6.07, 6.45) is 0. The SMILES string of the molecule is FOC(OF)=C(OF)c1ccccc1. The predicted octanol–water partition coefficient (Wildman–Crippen LogP) is 3.02. The monoisotopic (exact) mass is 206 g/mol. The topological polar surface area (TPSA) is 27.7 Å².